The van der Waals surface area contributed by atoms with E-state index in [1.807, 2.05) is 23.8 Å². The molecule has 0 spiro atoms. The lowest BCUT2D eigenvalue weighted by Crippen LogP contribution is -2.53. The van der Waals surface area contributed by atoms with E-state index < -0.39 is 5.60 Å². The molecule has 3 N–H and O–H groups in total. The van der Waals surface area contributed by atoms with Crippen LogP contribution < -0.4 is 10.6 Å². The number of likely N-dealkylation sites (N-methyl/N-ethyl adjacent to an activating group) is 1. The largest absolute Gasteiger partial charge is 0.383 e. The normalized spacial score (nSPS) is 19.8. The molecule has 0 aromatic carbocycles. The zero-order chi connectivity index (χ0) is 19.0. The van der Waals surface area contributed by atoms with Crippen molar-refractivity contribution in [3.05, 3.63) is 22.4 Å². The van der Waals surface area contributed by atoms with E-state index in [9.17, 15) is 5.11 Å². The highest BCUT2D eigenvalue weighted by molar-refractivity contribution is 14.0. The van der Waals surface area contributed by atoms with Gasteiger partial charge in [0.25, 0.3) is 0 Å². The first-order valence-electron chi connectivity index (χ1n) is 9.70. The van der Waals surface area contributed by atoms with Crippen molar-refractivity contribution in [2.45, 2.75) is 39.3 Å². The van der Waals surface area contributed by atoms with Crippen LogP contribution in [0.1, 0.15) is 33.3 Å². The molecule has 1 aromatic heterocycles. The van der Waals surface area contributed by atoms with Crippen LogP contribution in [0.5, 0.6) is 0 Å². The lowest BCUT2D eigenvalue weighted by molar-refractivity contribution is 0.0677. The van der Waals surface area contributed by atoms with E-state index in [1.165, 1.54) is 0 Å². The van der Waals surface area contributed by atoms with Crippen LogP contribution in [0, 0.1) is 0 Å². The molecule has 1 fully saturated rings. The van der Waals surface area contributed by atoms with Gasteiger partial charge in [-0.2, -0.15) is 11.3 Å². The van der Waals surface area contributed by atoms with Crippen LogP contribution in [0.3, 0.4) is 0 Å². The Kier molecular flexibility index (Phi) is 11.1. The first kappa shape index (κ1) is 24.6. The van der Waals surface area contributed by atoms with E-state index in [4.69, 9.17) is 0 Å². The highest BCUT2D eigenvalue weighted by Gasteiger charge is 2.24. The maximum absolute atomic E-state index is 10.7. The predicted molar refractivity (Wildman–Crippen MR) is 126 cm³/mol. The quantitative estimate of drug-likeness (QED) is 0.285. The first-order chi connectivity index (χ1) is 12.5. The van der Waals surface area contributed by atoms with Gasteiger partial charge in [-0.25, -0.2) is 4.99 Å². The van der Waals surface area contributed by atoms with E-state index in [0.29, 0.717) is 12.6 Å². The van der Waals surface area contributed by atoms with Gasteiger partial charge in [0.2, 0.25) is 0 Å². The predicted octanol–water partition coefficient (Wildman–Crippen LogP) is 2.15. The number of guanidine groups is 1. The smallest absolute Gasteiger partial charge is 0.191 e. The lowest BCUT2D eigenvalue weighted by Gasteiger charge is -2.37. The van der Waals surface area contributed by atoms with Crippen LogP contribution in [0.2, 0.25) is 0 Å². The van der Waals surface area contributed by atoms with Crippen LogP contribution in [-0.4, -0.2) is 79.3 Å². The highest BCUT2D eigenvalue weighted by Crippen LogP contribution is 2.23. The summed E-state index contributed by atoms with van der Waals surface area (Å²) in [4.78, 5) is 9.63. The fourth-order valence-electron chi connectivity index (χ4n) is 3.13. The lowest BCUT2D eigenvalue weighted by atomic mass is 10.00. The number of hydrogen-bond donors (Lipinski definition) is 3. The van der Waals surface area contributed by atoms with Gasteiger partial charge in [0.15, 0.2) is 5.96 Å². The molecule has 6 nitrogen and oxygen atoms in total. The zero-order valence-electron chi connectivity index (χ0n) is 17.1. The van der Waals surface area contributed by atoms with Crippen molar-refractivity contribution in [1.82, 2.24) is 20.4 Å². The van der Waals surface area contributed by atoms with E-state index in [2.05, 4.69) is 46.2 Å². The number of thiophene rings is 1. The molecule has 2 rings (SSSR count). The topological polar surface area (TPSA) is 63.1 Å². The Morgan fingerprint density at radius 2 is 2.00 bits per heavy atom. The molecular formula is C19H36IN5OS. The Bertz CT molecular complexity index is 544. The summed E-state index contributed by atoms with van der Waals surface area (Å²) >= 11 is 1.59. The zero-order valence-corrected chi connectivity index (χ0v) is 20.2. The summed E-state index contributed by atoms with van der Waals surface area (Å²) in [6.45, 7) is 16.0. The Morgan fingerprint density at radius 1 is 1.30 bits per heavy atom. The van der Waals surface area contributed by atoms with Crippen molar-refractivity contribution < 1.29 is 5.11 Å². The molecule has 1 saturated heterocycles. The van der Waals surface area contributed by atoms with Gasteiger partial charge in [-0.05, 0) is 49.7 Å². The Morgan fingerprint density at radius 3 is 2.56 bits per heavy atom. The number of aliphatic imine (C=N–C) groups is 1. The molecule has 2 heterocycles. The molecule has 0 amide bonds. The third-order valence-electron chi connectivity index (χ3n) is 5.07. The highest BCUT2D eigenvalue weighted by atomic mass is 127. The van der Waals surface area contributed by atoms with Crippen molar-refractivity contribution in [3.63, 3.8) is 0 Å². The van der Waals surface area contributed by atoms with Gasteiger partial charge in [0, 0.05) is 45.3 Å². The van der Waals surface area contributed by atoms with E-state index >= 15 is 0 Å². The minimum Gasteiger partial charge on any atom is -0.383 e. The molecule has 0 bridgehead atoms. The fraction of sp³-hybridized carbons (Fsp3) is 0.737. The SMILES string of the molecule is CCNC(=NCC(C)(O)c1ccsc1)NCC(C)N1CCN(CC)CC1.I. The molecule has 0 radical (unpaired) electrons. The van der Waals surface area contributed by atoms with Gasteiger partial charge in [-0.3, -0.25) is 4.90 Å². The molecule has 1 aromatic rings. The van der Waals surface area contributed by atoms with Crippen molar-refractivity contribution >= 4 is 41.3 Å². The van der Waals surface area contributed by atoms with Crippen molar-refractivity contribution in [1.29, 1.82) is 0 Å². The molecule has 1 aliphatic rings. The maximum atomic E-state index is 10.7. The molecule has 27 heavy (non-hydrogen) atoms. The molecule has 8 heteroatoms. The van der Waals surface area contributed by atoms with E-state index in [0.717, 1.165) is 57.3 Å². The molecule has 156 valence electrons. The van der Waals surface area contributed by atoms with E-state index in [-0.39, 0.29) is 24.0 Å². The minimum atomic E-state index is -0.940. The standard InChI is InChI=1S/C19H35N5OS.HI/c1-5-20-18(22-15-19(4,25)17-7-12-26-14-17)21-13-16(3)24-10-8-23(6-2)9-11-24;/h7,12,14,16,25H,5-6,8-11,13,15H2,1-4H3,(H2,20,21,22);1H. The fourth-order valence-corrected chi connectivity index (χ4v) is 3.91. The van der Waals surface area contributed by atoms with E-state index in [1.54, 1.807) is 11.3 Å². The monoisotopic (exact) mass is 509 g/mol. The summed E-state index contributed by atoms with van der Waals surface area (Å²) in [7, 11) is 0. The summed E-state index contributed by atoms with van der Waals surface area (Å²) < 4.78 is 0. The van der Waals surface area contributed by atoms with Crippen LogP contribution in [-0.2, 0) is 5.60 Å². The third-order valence-corrected chi connectivity index (χ3v) is 5.76. The minimum absolute atomic E-state index is 0. The van der Waals surface area contributed by atoms with Crippen LogP contribution in [0.4, 0.5) is 0 Å². The molecule has 0 saturated carbocycles. The van der Waals surface area contributed by atoms with Gasteiger partial charge >= 0.3 is 0 Å². The second-order valence-electron chi connectivity index (χ2n) is 7.18. The number of halogens is 1. The number of nitrogens with one attached hydrogen (secondary N) is 2. The molecule has 2 atom stereocenters. The molecular weight excluding hydrogens is 473 g/mol. The molecule has 0 aliphatic carbocycles. The number of nitrogens with zero attached hydrogens (tertiary/aromatic N) is 3. The first-order valence-corrected chi connectivity index (χ1v) is 10.6. The van der Waals surface area contributed by atoms with Gasteiger partial charge < -0.3 is 20.6 Å². The molecule has 1 aliphatic heterocycles. The van der Waals surface area contributed by atoms with Crippen LogP contribution in [0.25, 0.3) is 0 Å². The van der Waals surface area contributed by atoms with Gasteiger partial charge in [-0.15, -0.1) is 24.0 Å². The van der Waals surface area contributed by atoms with Crippen molar-refractivity contribution in [3.8, 4) is 0 Å². The number of rotatable bonds is 8. The molecule has 2 unspecified atom stereocenters. The summed E-state index contributed by atoms with van der Waals surface area (Å²) in [6, 6.07) is 2.41. The third kappa shape index (κ3) is 7.84. The Labute approximate surface area is 185 Å². The van der Waals surface area contributed by atoms with Gasteiger partial charge in [0.05, 0.1) is 6.54 Å². The summed E-state index contributed by atoms with van der Waals surface area (Å²) in [6.07, 6.45) is 0. The number of aliphatic hydroxyl groups is 1. The maximum Gasteiger partial charge on any atom is 0.191 e. The van der Waals surface area contributed by atoms with Gasteiger partial charge in [-0.1, -0.05) is 6.92 Å². The van der Waals surface area contributed by atoms with Crippen LogP contribution >= 0.6 is 35.3 Å². The summed E-state index contributed by atoms with van der Waals surface area (Å²) in [5, 5.41) is 21.3. The summed E-state index contributed by atoms with van der Waals surface area (Å²) in [5.74, 6) is 0.766. The Hall–Kier alpha value is -0.420. The van der Waals surface area contributed by atoms with Crippen molar-refractivity contribution in [2.24, 2.45) is 4.99 Å². The second-order valence-corrected chi connectivity index (χ2v) is 7.96. The number of hydrogen-bond acceptors (Lipinski definition) is 5. The average Bonchev–Trinajstić information content (AvgIpc) is 3.19. The van der Waals surface area contributed by atoms with Crippen molar-refractivity contribution in [2.75, 3.05) is 52.4 Å². The van der Waals surface area contributed by atoms with Gasteiger partial charge in [0.1, 0.15) is 5.60 Å². The number of piperazine rings is 1. The second kappa shape index (κ2) is 12.2. The summed E-state index contributed by atoms with van der Waals surface area (Å²) in [5.41, 5.74) is -0.0194. The Balaban J connectivity index is 0.00000364. The van der Waals surface area contributed by atoms with Crippen LogP contribution in [0.15, 0.2) is 21.8 Å². The average molecular weight is 510 g/mol.